The first-order valence-electron chi connectivity index (χ1n) is 12.1. The maximum Gasteiger partial charge on any atom is 0.419 e. The lowest BCUT2D eigenvalue weighted by atomic mass is 10.0. The lowest BCUT2D eigenvalue weighted by Crippen LogP contribution is -2.53. The number of rotatable bonds is 4. The Bertz CT molecular complexity index is 1440. The summed E-state index contributed by atoms with van der Waals surface area (Å²) in [6.07, 6.45) is -4.10. The van der Waals surface area contributed by atoms with E-state index in [1.807, 2.05) is 30.3 Å². The van der Waals surface area contributed by atoms with Gasteiger partial charge in [0.25, 0.3) is 0 Å². The molecule has 1 unspecified atom stereocenters. The summed E-state index contributed by atoms with van der Waals surface area (Å²) < 4.78 is 70.8. The zero-order valence-corrected chi connectivity index (χ0v) is 20.8. The summed E-state index contributed by atoms with van der Waals surface area (Å²) in [4.78, 5) is 4.64. The molecular formula is C28H27F5N4. The molecule has 0 aliphatic carbocycles. The van der Waals surface area contributed by atoms with Crippen molar-refractivity contribution in [1.82, 2.24) is 14.7 Å². The molecule has 1 aliphatic heterocycles. The van der Waals surface area contributed by atoms with Crippen LogP contribution in [0.25, 0.3) is 16.6 Å². The van der Waals surface area contributed by atoms with Gasteiger partial charge >= 0.3 is 6.18 Å². The molecule has 2 heterocycles. The van der Waals surface area contributed by atoms with Crippen molar-refractivity contribution in [2.45, 2.75) is 32.5 Å². The van der Waals surface area contributed by atoms with Crippen LogP contribution in [0.15, 0.2) is 54.6 Å². The molecule has 3 aromatic carbocycles. The maximum atomic E-state index is 15.0. The molecular weight excluding hydrogens is 487 g/mol. The predicted octanol–water partition coefficient (Wildman–Crippen LogP) is 6.30. The molecule has 0 saturated carbocycles. The van der Waals surface area contributed by atoms with Gasteiger partial charge in [-0.25, -0.2) is 13.5 Å². The van der Waals surface area contributed by atoms with Crippen molar-refractivity contribution in [3.05, 3.63) is 88.6 Å². The number of aryl methyl sites for hydroxylation is 1. The SMILES string of the molecule is Cc1c(F)c(-n2nc(C)c3cc(N4CCN(C)CC4Cc4ccccc4)ccc32)cc(C(F)(F)F)c1F. The third-order valence-corrected chi connectivity index (χ3v) is 7.11. The second kappa shape index (κ2) is 9.45. The van der Waals surface area contributed by atoms with Crippen LogP contribution in [0.2, 0.25) is 0 Å². The van der Waals surface area contributed by atoms with Crippen LogP contribution >= 0.6 is 0 Å². The van der Waals surface area contributed by atoms with Gasteiger partial charge < -0.3 is 9.80 Å². The van der Waals surface area contributed by atoms with Crippen LogP contribution in [0.1, 0.15) is 22.4 Å². The number of aromatic nitrogens is 2. The summed E-state index contributed by atoms with van der Waals surface area (Å²) in [5.74, 6) is -2.68. The van der Waals surface area contributed by atoms with E-state index in [4.69, 9.17) is 0 Å². The number of halogens is 5. The molecule has 194 valence electrons. The van der Waals surface area contributed by atoms with E-state index in [9.17, 15) is 17.6 Å². The number of anilines is 1. The van der Waals surface area contributed by atoms with E-state index in [1.54, 1.807) is 13.0 Å². The number of fused-ring (bicyclic) bond motifs is 1. The standard InChI is InChI=1S/C28H27F5N4/c1-17-26(29)23(28(31,32)33)15-25(27(17)30)37-24-10-9-20(14-22(24)18(2)34-37)36-12-11-35(3)16-21(36)13-19-7-5-4-6-8-19/h4-10,14-15,21H,11-13,16H2,1-3H3. The number of benzene rings is 3. The van der Waals surface area contributed by atoms with Gasteiger partial charge in [0, 0.05) is 42.3 Å². The first kappa shape index (κ1) is 25.2. The van der Waals surface area contributed by atoms with Crippen molar-refractivity contribution in [2.75, 3.05) is 31.6 Å². The fourth-order valence-corrected chi connectivity index (χ4v) is 5.14. The summed E-state index contributed by atoms with van der Waals surface area (Å²) >= 11 is 0. The van der Waals surface area contributed by atoms with Crippen molar-refractivity contribution >= 4 is 16.6 Å². The van der Waals surface area contributed by atoms with E-state index in [0.29, 0.717) is 22.7 Å². The van der Waals surface area contributed by atoms with Crippen LogP contribution in [0.4, 0.5) is 27.6 Å². The molecule has 0 amide bonds. The Morgan fingerprint density at radius 3 is 2.38 bits per heavy atom. The molecule has 1 aromatic heterocycles. The van der Waals surface area contributed by atoms with Crippen LogP contribution in [-0.2, 0) is 12.6 Å². The average molecular weight is 515 g/mol. The molecule has 37 heavy (non-hydrogen) atoms. The Morgan fingerprint density at radius 1 is 0.946 bits per heavy atom. The fourth-order valence-electron chi connectivity index (χ4n) is 5.14. The van der Waals surface area contributed by atoms with Gasteiger partial charge in [-0.1, -0.05) is 30.3 Å². The molecule has 0 spiro atoms. The van der Waals surface area contributed by atoms with Gasteiger partial charge in [-0.05, 0) is 57.1 Å². The number of likely N-dealkylation sites (N-methyl/N-ethyl adjacent to an activating group) is 1. The van der Waals surface area contributed by atoms with E-state index < -0.39 is 34.6 Å². The monoisotopic (exact) mass is 514 g/mol. The van der Waals surface area contributed by atoms with Crippen molar-refractivity contribution in [3.8, 4) is 5.69 Å². The normalized spacial score (nSPS) is 17.1. The number of nitrogens with zero attached hydrogens (tertiary/aromatic N) is 4. The maximum absolute atomic E-state index is 15.0. The second-order valence-corrected chi connectivity index (χ2v) is 9.69. The number of hydrogen-bond acceptors (Lipinski definition) is 3. The molecule has 0 radical (unpaired) electrons. The van der Waals surface area contributed by atoms with Crippen LogP contribution in [0, 0.1) is 25.5 Å². The average Bonchev–Trinajstić information content (AvgIpc) is 3.18. The molecule has 4 aromatic rings. The van der Waals surface area contributed by atoms with E-state index in [0.717, 1.165) is 43.3 Å². The van der Waals surface area contributed by atoms with E-state index in [1.165, 1.54) is 5.56 Å². The Kier molecular flexibility index (Phi) is 6.43. The molecule has 4 nitrogen and oxygen atoms in total. The van der Waals surface area contributed by atoms with E-state index >= 15 is 4.39 Å². The minimum Gasteiger partial charge on any atom is -0.366 e. The lowest BCUT2D eigenvalue weighted by Gasteiger charge is -2.42. The van der Waals surface area contributed by atoms with Gasteiger partial charge in [-0.15, -0.1) is 0 Å². The Hall–Kier alpha value is -3.46. The first-order chi connectivity index (χ1) is 17.5. The Labute approximate surface area is 211 Å². The van der Waals surface area contributed by atoms with Gasteiger partial charge in [0.05, 0.1) is 16.8 Å². The largest absolute Gasteiger partial charge is 0.419 e. The summed E-state index contributed by atoms with van der Waals surface area (Å²) in [5.41, 5.74) is 0.563. The van der Waals surface area contributed by atoms with Gasteiger partial charge in [0.1, 0.15) is 11.5 Å². The van der Waals surface area contributed by atoms with Crippen LogP contribution in [-0.4, -0.2) is 47.4 Å². The van der Waals surface area contributed by atoms with Crippen molar-refractivity contribution in [1.29, 1.82) is 0 Å². The van der Waals surface area contributed by atoms with Gasteiger partial charge in [-0.3, -0.25) is 0 Å². The molecule has 1 saturated heterocycles. The number of piperazine rings is 1. The van der Waals surface area contributed by atoms with E-state index in [2.05, 4.69) is 34.1 Å². The molecule has 9 heteroatoms. The second-order valence-electron chi connectivity index (χ2n) is 9.69. The first-order valence-corrected chi connectivity index (χ1v) is 12.1. The molecule has 0 N–H and O–H groups in total. The summed E-state index contributed by atoms with van der Waals surface area (Å²) in [6, 6.07) is 16.6. The van der Waals surface area contributed by atoms with E-state index in [-0.39, 0.29) is 6.04 Å². The smallest absolute Gasteiger partial charge is 0.366 e. The van der Waals surface area contributed by atoms with Crippen LogP contribution in [0.5, 0.6) is 0 Å². The summed E-state index contributed by atoms with van der Waals surface area (Å²) in [5, 5.41) is 5.06. The minimum absolute atomic E-state index is 0.223. The number of hydrogen-bond donors (Lipinski definition) is 0. The van der Waals surface area contributed by atoms with Crippen LogP contribution in [0.3, 0.4) is 0 Å². The van der Waals surface area contributed by atoms with Gasteiger partial charge in [0.2, 0.25) is 0 Å². The third kappa shape index (κ3) is 4.68. The predicted molar refractivity (Wildman–Crippen MR) is 134 cm³/mol. The van der Waals surface area contributed by atoms with Crippen molar-refractivity contribution < 1.29 is 22.0 Å². The topological polar surface area (TPSA) is 24.3 Å². The Balaban J connectivity index is 1.57. The highest BCUT2D eigenvalue weighted by Gasteiger charge is 2.37. The summed E-state index contributed by atoms with van der Waals surface area (Å²) in [7, 11) is 2.10. The Morgan fingerprint density at radius 2 is 1.68 bits per heavy atom. The molecule has 1 atom stereocenters. The van der Waals surface area contributed by atoms with Crippen molar-refractivity contribution in [3.63, 3.8) is 0 Å². The molecule has 1 fully saturated rings. The zero-order valence-electron chi connectivity index (χ0n) is 20.8. The molecule has 0 bridgehead atoms. The molecule has 5 rings (SSSR count). The van der Waals surface area contributed by atoms with Crippen LogP contribution < -0.4 is 4.90 Å². The third-order valence-electron chi connectivity index (χ3n) is 7.11. The highest BCUT2D eigenvalue weighted by Crippen LogP contribution is 2.37. The van der Waals surface area contributed by atoms with Gasteiger partial charge in [-0.2, -0.15) is 18.3 Å². The fraction of sp³-hybridized carbons (Fsp3) is 0.321. The highest BCUT2D eigenvalue weighted by atomic mass is 19.4. The zero-order chi connectivity index (χ0) is 26.5. The highest BCUT2D eigenvalue weighted by molar-refractivity contribution is 5.87. The summed E-state index contributed by atoms with van der Waals surface area (Å²) in [6.45, 7) is 5.31. The lowest BCUT2D eigenvalue weighted by molar-refractivity contribution is -0.140. The van der Waals surface area contributed by atoms with Gasteiger partial charge in [0.15, 0.2) is 5.82 Å². The number of alkyl halides is 3. The minimum atomic E-state index is -4.96. The molecule has 1 aliphatic rings. The quantitative estimate of drug-likeness (QED) is 0.299. The van der Waals surface area contributed by atoms with Crippen molar-refractivity contribution in [2.24, 2.45) is 0 Å².